The van der Waals surface area contributed by atoms with Gasteiger partial charge in [0.1, 0.15) is 28.1 Å². The predicted molar refractivity (Wildman–Crippen MR) is 186 cm³/mol. The second kappa shape index (κ2) is 15.1. The highest BCUT2D eigenvalue weighted by atomic mass is 32.2. The van der Waals surface area contributed by atoms with Crippen molar-refractivity contribution in [2.75, 3.05) is 33.4 Å². The molecule has 0 saturated carbocycles. The number of rotatable bonds is 8. The first-order valence-electron chi connectivity index (χ1n) is 17.5. The Kier molecular flexibility index (Phi) is 10.5. The standard InChI is InChI=1S/C37H41F3N6O6S/c1-50-32-10-6-5-9-27(32)22-44-16-13-36(14-17-44)15-18-51-33-12-11-28(37(38,39)40)19-34(33)53(48,49)46-24-30(20-31(46)35(47)41-36)52-25-29-23-45(43-42-29)21-26-7-3-2-4-8-26/h2-12,19,23,30-31H,13-18,20-22,24-25H2,1H3,(H,41,47)/t30-,31+/m1/s1. The molecule has 282 valence electrons. The average Bonchev–Trinajstić information content (AvgIpc) is 3.79. The van der Waals surface area contributed by atoms with Crippen molar-refractivity contribution in [2.24, 2.45) is 0 Å². The van der Waals surface area contributed by atoms with Gasteiger partial charge in [0.2, 0.25) is 15.9 Å². The molecule has 0 bridgehead atoms. The largest absolute Gasteiger partial charge is 0.496 e. The highest BCUT2D eigenvalue weighted by Gasteiger charge is 2.48. The predicted octanol–water partition coefficient (Wildman–Crippen LogP) is 4.64. The molecular weight excluding hydrogens is 714 g/mol. The van der Waals surface area contributed by atoms with Crippen molar-refractivity contribution in [1.82, 2.24) is 29.5 Å². The second-order valence-electron chi connectivity index (χ2n) is 13.8. The van der Waals surface area contributed by atoms with Crippen LogP contribution in [0.15, 0.2) is 83.9 Å². The van der Waals surface area contributed by atoms with Crippen molar-refractivity contribution in [2.45, 2.75) is 74.1 Å². The van der Waals surface area contributed by atoms with E-state index in [4.69, 9.17) is 14.2 Å². The van der Waals surface area contributed by atoms with Crippen LogP contribution >= 0.6 is 0 Å². The van der Waals surface area contributed by atoms with E-state index in [0.29, 0.717) is 57.2 Å². The molecule has 4 heterocycles. The molecule has 7 rings (SSSR count). The summed E-state index contributed by atoms with van der Waals surface area (Å²) in [6.07, 6.45) is -2.41. The van der Waals surface area contributed by atoms with Gasteiger partial charge in [0, 0.05) is 50.1 Å². The molecule has 0 unspecified atom stereocenters. The number of methoxy groups -OCH3 is 1. The van der Waals surface area contributed by atoms with E-state index in [1.165, 1.54) is 0 Å². The normalized spacial score (nSPS) is 21.9. The van der Waals surface area contributed by atoms with Crippen molar-refractivity contribution < 1.29 is 40.6 Å². The summed E-state index contributed by atoms with van der Waals surface area (Å²) in [6, 6.07) is 18.7. The molecule has 2 atom stereocenters. The lowest BCUT2D eigenvalue weighted by Gasteiger charge is -2.43. The molecule has 0 aliphatic carbocycles. The Balaban J connectivity index is 1.12. The number of ether oxygens (including phenoxy) is 3. The topological polar surface area (TPSA) is 128 Å². The fourth-order valence-electron chi connectivity index (χ4n) is 7.33. The summed E-state index contributed by atoms with van der Waals surface area (Å²) >= 11 is 0. The van der Waals surface area contributed by atoms with Gasteiger partial charge in [-0.1, -0.05) is 53.7 Å². The van der Waals surface area contributed by atoms with Gasteiger partial charge in [-0.25, -0.2) is 13.1 Å². The number of piperidine rings is 1. The minimum absolute atomic E-state index is 0.00558. The van der Waals surface area contributed by atoms with E-state index in [-0.39, 0.29) is 31.9 Å². The van der Waals surface area contributed by atoms with Gasteiger partial charge in [0.05, 0.1) is 44.7 Å². The van der Waals surface area contributed by atoms with Crippen molar-refractivity contribution in [3.05, 3.63) is 101 Å². The van der Waals surface area contributed by atoms with E-state index in [0.717, 1.165) is 33.3 Å². The number of fused-ring (bicyclic) bond motifs is 2. The van der Waals surface area contributed by atoms with Crippen molar-refractivity contribution in [3.63, 3.8) is 0 Å². The number of likely N-dealkylation sites (tertiary alicyclic amines) is 1. The number of benzene rings is 3. The number of carbonyl (C=O) groups is 1. The van der Waals surface area contributed by atoms with E-state index in [1.807, 2.05) is 54.6 Å². The zero-order valence-corrected chi connectivity index (χ0v) is 30.0. The van der Waals surface area contributed by atoms with E-state index in [2.05, 4.69) is 20.5 Å². The highest BCUT2D eigenvalue weighted by molar-refractivity contribution is 7.89. The Morgan fingerprint density at radius 2 is 1.75 bits per heavy atom. The number of alkyl halides is 3. The number of hydrogen-bond donors (Lipinski definition) is 1. The van der Waals surface area contributed by atoms with E-state index in [1.54, 1.807) is 18.0 Å². The maximum Gasteiger partial charge on any atom is 0.416 e. The summed E-state index contributed by atoms with van der Waals surface area (Å²) in [7, 11) is -3.05. The lowest BCUT2D eigenvalue weighted by atomic mass is 9.84. The van der Waals surface area contributed by atoms with Crippen LogP contribution in [0.2, 0.25) is 0 Å². The third-order valence-electron chi connectivity index (χ3n) is 10.2. The zero-order valence-electron chi connectivity index (χ0n) is 29.2. The molecule has 2 fully saturated rings. The Hall–Kier alpha value is -4.51. The van der Waals surface area contributed by atoms with Crippen LogP contribution in [0.25, 0.3) is 0 Å². The van der Waals surface area contributed by atoms with E-state index >= 15 is 0 Å². The van der Waals surface area contributed by atoms with Gasteiger partial charge >= 0.3 is 6.18 Å². The number of sulfonamides is 1. The third kappa shape index (κ3) is 8.20. The molecule has 53 heavy (non-hydrogen) atoms. The molecular formula is C37H41F3N6O6S. The lowest BCUT2D eigenvalue weighted by molar-refractivity contribution is -0.137. The Morgan fingerprint density at radius 3 is 2.51 bits per heavy atom. The smallest absolute Gasteiger partial charge is 0.416 e. The van der Waals surface area contributed by atoms with Gasteiger partial charge in [-0.3, -0.25) is 9.69 Å². The highest BCUT2D eigenvalue weighted by Crippen LogP contribution is 2.39. The van der Waals surface area contributed by atoms with Gasteiger partial charge in [-0.15, -0.1) is 5.10 Å². The molecule has 0 radical (unpaired) electrons. The number of carbonyl (C=O) groups excluding carboxylic acids is 1. The quantitative estimate of drug-likeness (QED) is 0.274. The summed E-state index contributed by atoms with van der Waals surface area (Å²) in [6.45, 7) is 2.13. The number of halogens is 3. The molecule has 1 aromatic heterocycles. The number of nitrogens with zero attached hydrogens (tertiary/aromatic N) is 5. The summed E-state index contributed by atoms with van der Waals surface area (Å²) in [4.78, 5) is 15.9. The summed E-state index contributed by atoms with van der Waals surface area (Å²) in [5.41, 5.74) is 0.693. The minimum Gasteiger partial charge on any atom is -0.496 e. The SMILES string of the molecule is COc1ccccc1CN1CCC2(CCOc3ccc(C(F)(F)F)cc3S(=O)(=O)N3C[C@H](OCc4cn(Cc5ccccc5)nn4)C[C@H]3C(=O)N2)CC1. The number of hydrogen-bond acceptors (Lipinski definition) is 9. The molecule has 1 spiro atoms. The fourth-order valence-corrected chi connectivity index (χ4v) is 9.12. The van der Waals surface area contributed by atoms with Crippen molar-refractivity contribution >= 4 is 15.9 Å². The Labute approximate surface area is 305 Å². The lowest BCUT2D eigenvalue weighted by Crippen LogP contribution is -2.59. The Morgan fingerprint density at radius 1 is 1.00 bits per heavy atom. The summed E-state index contributed by atoms with van der Waals surface area (Å²) in [5, 5.41) is 11.5. The van der Waals surface area contributed by atoms with Crippen LogP contribution in [0.3, 0.4) is 0 Å². The van der Waals surface area contributed by atoms with Crippen LogP contribution in [0, 0.1) is 0 Å². The Bertz CT molecular complexity index is 2020. The first-order valence-corrected chi connectivity index (χ1v) is 18.9. The van der Waals surface area contributed by atoms with E-state index < -0.39 is 50.3 Å². The average molecular weight is 755 g/mol. The first-order chi connectivity index (χ1) is 25.4. The van der Waals surface area contributed by atoms with Gasteiger partial charge in [0.25, 0.3) is 0 Å². The zero-order chi connectivity index (χ0) is 37.2. The molecule has 1 amide bonds. The van der Waals surface area contributed by atoms with Crippen molar-refractivity contribution in [3.8, 4) is 11.5 Å². The van der Waals surface area contributed by atoms with Gasteiger partial charge < -0.3 is 19.5 Å². The molecule has 3 aliphatic heterocycles. The maximum absolute atomic E-state index is 14.3. The molecule has 16 heteroatoms. The fraction of sp³-hybridized carbons (Fsp3) is 0.432. The van der Waals surface area contributed by atoms with Gasteiger partial charge in [-0.05, 0) is 42.7 Å². The molecule has 3 aliphatic rings. The van der Waals surface area contributed by atoms with E-state index in [9.17, 15) is 26.4 Å². The van der Waals surface area contributed by atoms with Crippen LogP contribution < -0.4 is 14.8 Å². The third-order valence-corrected chi connectivity index (χ3v) is 12.1. The van der Waals surface area contributed by atoms with Gasteiger partial charge in [-0.2, -0.15) is 17.5 Å². The van der Waals surface area contributed by atoms with Crippen LogP contribution in [-0.2, 0) is 45.4 Å². The molecule has 12 nitrogen and oxygen atoms in total. The molecule has 3 aromatic carbocycles. The van der Waals surface area contributed by atoms with Crippen molar-refractivity contribution in [1.29, 1.82) is 0 Å². The number of aromatic nitrogens is 3. The van der Waals surface area contributed by atoms with Gasteiger partial charge in [0.15, 0.2) is 0 Å². The molecule has 2 saturated heterocycles. The van der Waals surface area contributed by atoms with Crippen LogP contribution in [0.5, 0.6) is 11.5 Å². The maximum atomic E-state index is 14.3. The number of amides is 1. The number of para-hydroxylation sites is 1. The monoisotopic (exact) mass is 754 g/mol. The first kappa shape index (κ1) is 36.8. The summed E-state index contributed by atoms with van der Waals surface area (Å²) < 4.78 is 90.4. The van der Waals surface area contributed by atoms with Crippen LogP contribution in [0.1, 0.15) is 48.1 Å². The minimum atomic E-state index is -4.80. The molecule has 1 N–H and O–H groups in total. The van der Waals surface area contributed by atoms with Crippen LogP contribution in [-0.4, -0.2) is 89.6 Å². The summed E-state index contributed by atoms with van der Waals surface area (Å²) in [5.74, 6) is 0.0595. The second-order valence-corrected chi connectivity index (χ2v) is 15.6. The molecule has 4 aromatic rings. The number of nitrogens with one attached hydrogen (secondary N) is 1. The van der Waals surface area contributed by atoms with Crippen LogP contribution in [0.4, 0.5) is 13.2 Å².